The van der Waals surface area contributed by atoms with Crippen molar-refractivity contribution in [1.82, 2.24) is 4.98 Å². The van der Waals surface area contributed by atoms with Gasteiger partial charge in [0, 0.05) is 0 Å². The summed E-state index contributed by atoms with van der Waals surface area (Å²) in [5, 5.41) is 9.82. The zero-order valence-corrected chi connectivity index (χ0v) is 14.6. The number of hydrogen-bond donors (Lipinski definition) is 1. The summed E-state index contributed by atoms with van der Waals surface area (Å²) in [7, 11) is 0. The van der Waals surface area contributed by atoms with Crippen LogP contribution in [0.2, 0.25) is 0 Å². The fraction of sp³-hybridized carbons (Fsp3) is 0.118. The zero-order valence-electron chi connectivity index (χ0n) is 12.2. The summed E-state index contributed by atoms with van der Waals surface area (Å²) in [5.74, 6) is -2.38. The Bertz CT molecular complexity index is 814. The SMILES string of the molecule is O=C(O)C1(c2ccccn2)N=CC(F)=C[C]1(F)[Ir][c]1ccccc1. The summed E-state index contributed by atoms with van der Waals surface area (Å²) in [4.78, 5) is 19.8. The van der Waals surface area contributed by atoms with Crippen LogP contribution in [0.4, 0.5) is 8.78 Å². The van der Waals surface area contributed by atoms with Crippen LogP contribution in [-0.2, 0) is 28.0 Å². The molecule has 1 aromatic heterocycles. The molecule has 0 spiro atoms. The third kappa shape index (κ3) is 2.70. The molecule has 0 bridgehead atoms. The summed E-state index contributed by atoms with van der Waals surface area (Å²) in [6, 6.07) is 13.2. The molecule has 24 heavy (non-hydrogen) atoms. The van der Waals surface area contributed by atoms with E-state index < -0.39 is 39.2 Å². The molecular formula is C17H12F2IrN2O2. The molecule has 1 aliphatic heterocycles. The number of carbonyl (C=O) groups is 1. The second-order valence-corrected chi connectivity index (χ2v) is 8.69. The molecular weight excluding hydrogens is 494 g/mol. The number of halogens is 2. The van der Waals surface area contributed by atoms with Gasteiger partial charge in [0.1, 0.15) is 0 Å². The number of pyridine rings is 1. The van der Waals surface area contributed by atoms with Crippen molar-refractivity contribution in [1.29, 1.82) is 0 Å². The maximum absolute atomic E-state index is 16.0. The molecule has 3 rings (SSSR count). The van der Waals surface area contributed by atoms with Crippen LogP contribution in [-0.4, -0.2) is 26.5 Å². The topological polar surface area (TPSA) is 62.5 Å². The van der Waals surface area contributed by atoms with Gasteiger partial charge in [0.25, 0.3) is 0 Å². The predicted molar refractivity (Wildman–Crippen MR) is 81.1 cm³/mol. The quantitative estimate of drug-likeness (QED) is 0.693. The fourth-order valence-electron chi connectivity index (χ4n) is 2.35. The number of dihydropyridines is 1. The summed E-state index contributed by atoms with van der Waals surface area (Å²) in [6.45, 7) is 0. The number of aromatic nitrogens is 1. The molecule has 0 aliphatic carbocycles. The number of rotatable bonds is 4. The van der Waals surface area contributed by atoms with Crippen LogP contribution in [0.15, 0.2) is 71.6 Å². The minimum atomic E-state index is -2.48. The molecule has 0 fully saturated rings. The van der Waals surface area contributed by atoms with Crippen molar-refractivity contribution in [2.45, 2.75) is 9.72 Å². The maximum atomic E-state index is 16.0. The molecule has 0 saturated heterocycles. The number of alkyl halides is 1. The van der Waals surface area contributed by atoms with E-state index in [1.54, 1.807) is 42.5 Å². The van der Waals surface area contributed by atoms with Crippen molar-refractivity contribution in [3.05, 3.63) is 72.3 Å². The van der Waals surface area contributed by atoms with E-state index >= 15 is 4.39 Å². The molecule has 0 saturated carbocycles. The molecule has 4 nitrogen and oxygen atoms in total. The Morgan fingerprint density at radius 1 is 1.12 bits per heavy atom. The molecule has 125 valence electrons. The van der Waals surface area contributed by atoms with Gasteiger partial charge < -0.3 is 0 Å². The van der Waals surface area contributed by atoms with E-state index in [0.717, 1.165) is 12.3 Å². The van der Waals surface area contributed by atoms with Gasteiger partial charge >= 0.3 is 145 Å². The third-order valence-electron chi connectivity index (χ3n) is 3.44. The van der Waals surface area contributed by atoms with E-state index in [1.165, 1.54) is 12.3 Å². The number of benzene rings is 1. The van der Waals surface area contributed by atoms with Crippen LogP contribution in [0, 0.1) is 0 Å². The molecule has 1 aliphatic rings. The molecule has 2 heterocycles. The van der Waals surface area contributed by atoms with Crippen molar-refractivity contribution in [2.75, 3.05) is 0 Å². The Morgan fingerprint density at radius 3 is 2.46 bits per heavy atom. The van der Waals surface area contributed by atoms with E-state index in [2.05, 4.69) is 9.98 Å². The number of carboxylic acids is 1. The zero-order chi connectivity index (χ0) is 17.2. The van der Waals surface area contributed by atoms with E-state index in [0.29, 0.717) is 4.08 Å². The van der Waals surface area contributed by atoms with Crippen LogP contribution in [0.5, 0.6) is 0 Å². The second-order valence-electron chi connectivity index (χ2n) is 4.96. The first kappa shape index (κ1) is 16.6. The van der Waals surface area contributed by atoms with Crippen molar-refractivity contribution in [2.24, 2.45) is 4.99 Å². The Labute approximate surface area is 144 Å². The Balaban J connectivity index is 2.18. The average Bonchev–Trinajstić information content (AvgIpc) is 2.56. The predicted octanol–water partition coefficient (Wildman–Crippen LogP) is 2.37. The first-order valence-electron chi connectivity index (χ1n) is 6.92. The normalized spacial score (nSPS) is 26.2. The first-order valence-corrected chi connectivity index (χ1v) is 9.31. The van der Waals surface area contributed by atoms with Gasteiger partial charge in [-0.3, -0.25) is 0 Å². The molecule has 2 aromatic rings. The van der Waals surface area contributed by atoms with Crippen LogP contribution < -0.4 is 4.08 Å². The summed E-state index contributed by atoms with van der Waals surface area (Å²) in [5.41, 5.74) is -2.35. The number of carboxylic acid groups (broad SMARTS) is 1. The average molecular weight is 507 g/mol. The van der Waals surface area contributed by atoms with E-state index in [4.69, 9.17) is 0 Å². The molecule has 7 heteroatoms. The van der Waals surface area contributed by atoms with Gasteiger partial charge in [-0.05, 0) is 0 Å². The Hall–Kier alpha value is -2.24. The van der Waals surface area contributed by atoms with Gasteiger partial charge in [-0.2, -0.15) is 0 Å². The van der Waals surface area contributed by atoms with Gasteiger partial charge in [-0.15, -0.1) is 0 Å². The Kier molecular flexibility index (Phi) is 4.39. The Morgan fingerprint density at radius 2 is 1.83 bits per heavy atom. The minimum absolute atomic E-state index is 0.0559. The molecule has 0 radical (unpaired) electrons. The van der Waals surface area contributed by atoms with E-state index in [1.807, 2.05) is 0 Å². The molecule has 0 amide bonds. The fourth-order valence-corrected chi connectivity index (χ4v) is 5.87. The second kappa shape index (κ2) is 6.34. The van der Waals surface area contributed by atoms with Crippen LogP contribution >= 0.6 is 0 Å². The standard InChI is InChI=1S/C11H7F2N2O2.C6H5.Ir/c12-7-5-8(13)11(10(16)17,15-6-7)9-3-1-2-4-14-9;1-2-4-6-5-3-1;/h1-6H,(H,16,17);1-5H;. The van der Waals surface area contributed by atoms with Gasteiger partial charge in [-0.25, -0.2) is 0 Å². The number of aliphatic imine (C=N–C) groups is 1. The van der Waals surface area contributed by atoms with Gasteiger partial charge in [0.2, 0.25) is 0 Å². The molecule has 2 unspecified atom stereocenters. The molecule has 2 atom stereocenters. The number of aliphatic carboxylic acids is 1. The van der Waals surface area contributed by atoms with E-state index in [-0.39, 0.29) is 5.69 Å². The van der Waals surface area contributed by atoms with Crippen molar-refractivity contribution in [3.63, 3.8) is 0 Å². The van der Waals surface area contributed by atoms with Crippen molar-refractivity contribution < 1.29 is 36.4 Å². The number of nitrogens with zero attached hydrogens (tertiary/aromatic N) is 2. The third-order valence-corrected chi connectivity index (χ3v) is 7.01. The van der Waals surface area contributed by atoms with Crippen LogP contribution in [0.1, 0.15) is 5.69 Å². The van der Waals surface area contributed by atoms with E-state index in [9.17, 15) is 14.3 Å². The van der Waals surface area contributed by atoms with Crippen LogP contribution in [0.25, 0.3) is 0 Å². The summed E-state index contributed by atoms with van der Waals surface area (Å²) < 4.78 is 27.9. The number of hydrogen-bond acceptors (Lipinski definition) is 3. The van der Waals surface area contributed by atoms with Crippen LogP contribution in [0.3, 0.4) is 0 Å². The van der Waals surface area contributed by atoms with Gasteiger partial charge in [0.15, 0.2) is 0 Å². The summed E-state index contributed by atoms with van der Waals surface area (Å²) in [6.07, 6.45) is 2.85. The molecule has 1 N–H and O–H groups in total. The van der Waals surface area contributed by atoms with Crippen molar-refractivity contribution in [3.8, 4) is 0 Å². The monoisotopic (exact) mass is 507 g/mol. The molecule has 1 aromatic carbocycles. The van der Waals surface area contributed by atoms with Gasteiger partial charge in [-0.1, -0.05) is 0 Å². The number of allylic oxidation sites excluding steroid dienone is 1. The van der Waals surface area contributed by atoms with Crippen molar-refractivity contribution >= 4 is 16.3 Å². The first-order chi connectivity index (χ1) is 11.5. The summed E-state index contributed by atoms with van der Waals surface area (Å²) >= 11 is -1.74. The van der Waals surface area contributed by atoms with Gasteiger partial charge in [0.05, 0.1) is 0 Å².